The molecule has 5 nitrogen and oxygen atoms in total. The van der Waals surface area contributed by atoms with Gasteiger partial charge in [-0.05, 0) is 18.9 Å². The molecule has 0 amide bonds. The van der Waals surface area contributed by atoms with E-state index in [1.807, 2.05) is 6.20 Å². The average Bonchev–Trinajstić information content (AvgIpc) is 3.02. The number of aromatic amines is 1. The summed E-state index contributed by atoms with van der Waals surface area (Å²) in [5.41, 5.74) is 2.08. The summed E-state index contributed by atoms with van der Waals surface area (Å²) < 4.78 is 0. The Bertz CT molecular complexity index is 733. The number of nitrogens with zero attached hydrogens (tertiary/aromatic N) is 2. The summed E-state index contributed by atoms with van der Waals surface area (Å²) in [6, 6.07) is 1.81. The van der Waals surface area contributed by atoms with Gasteiger partial charge < -0.3 is 10.3 Å². The van der Waals surface area contributed by atoms with E-state index in [4.69, 9.17) is 0 Å². The minimum absolute atomic E-state index is 0.142. The van der Waals surface area contributed by atoms with Crippen LogP contribution in [0.2, 0.25) is 0 Å². The molecule has 1 spiro atoms. The van der Waals surface area contributed by atoms with Gasteiger partial charge in [0.15, 0.2) is 5.43 Å². The number of aromatic nitrogens is 2. The van der Waals surface area contributed by atoms with E-state index >= 15 is 0 Å². The molecule has 2 N–H and O–H groups in total. The highest BCUT2D eigenvalue weighted by molar-refractivity contribution is 5.77. The number of H-pyrrole nitrogens is 1. The van der Waals surface area contributed by atoms with E-state index in [0.717, 1.165) is 42.6 Å². The largest absolute Gasteiger partial charge is 0.359 e. The monoisotopic (exact) mass is 298 g/mol. The maximum absolute atomic E-state index is 12.7. The molecule has 0 radical (unpaired) electrons. The number of rotatable bonds is 2. The predicted molar refractivity (Wildman–Crippen MR) is 86.8 cm³/mol. The molecule has 1 saturated carbocycles. The third kappa shape index (κ3) is 2.25. The zero-order chi connectivity index (χ0) is 15.0. The van der Waals surface area contributed by atoms with Crippen LogP contribution in [-0.2, 0) is 6.54 Å². The zero-order valence-electron chi connectivity index (χ0n) is 12.8. The molecule has 22 heavy (non-hydrogen) atoms. The molecule has 0 unspecified atom stereocenters. The second-order valence-electron chi connectivity index (χ2n) is 6.59. The normalized spacial score (nSPS) is 21.6. The van der Waals surface area contributed by atoms with Crippen molar-refractivity contribution in [3.8, 4) is 0 Å². The van der Waals surface area contributed by atoms with Crippen molar-refractivity contribution < 1.29 is 0 Å². The van der Waals surface area contributed by atoms with Gasteiger partial charge in [-0.2, -0.15) is 0 Å². The topological polar surface area (TPSA) is 61.0 Å². The standard InChI is InChI=1S/C17H22N4O/c22-16-13(9-20-15-10-18-6-3-14(15)16)11-21-8-7-19-12-17(21)4-1-2-5-17/h3,6,9-10,19H,1-2,4-5,7-8,11-12H2,(H,20,22). The van der Waals surface area contributed by atoms with Crippen LogP contribution in [0.1, 0.15) is 31.2 Å². The van der Waals surface area contributed by atoms with Gasteiger partial charge in [0.05, 0.1) is 11.7 Å². The van der Waals surface area contributed by atoms with E-state index in [0.29, 0.717) is 0 Å². The number of pyridine rings is 2. The van der Waals surface area contributed by atoms with Crippen LogP contribution >= 0.6 is 0 Å². The highest BCUT2D eigenvalue weighted by Gasteiger charge is 2.41. The summed E-state index contributed by atoms with van der Waals surface area (Å²) in [4.78, 5) is 22.5. The van der Waals surface area contributed by atoms with Gasteiger partial charge in [0, 0.05) is 55.1 Å². The Kier molecular flexibility index (Phi) is 3.47. The second-order valence-corrected chi connectivity index (χ2v) is 6.59. The molecular weight excluding hydrogens is 276 g/mol. The van der Waals surface area contributed by atoms with Gasteiger partial charge in [0.25, 0.3) is 0 Å². The smallest absolute Gasteiger partial charge is 0.193 e. The van der Waals surface area contributed by atoms with Gasteiger partial charge in [-0.25, -0.2) is 0 Å². The summed E-state index contributed by atoms with van der Waals surface area (Å²) >= 11 is 0. The molecule has 116 valence electrons. The van der Waals surface area contributed by atoms with E-state index in [9.17, 15) is 4.79 Å². The molecule has 2 aliphatic rings. The van der Waals surface area contributed by atoms with Crippen LogP contribution < -0.4 is 10.7 Å². The third-order valence-electron chi connectivity index (χ3n) is 5.34. The Morgan fingerprint density at radius 3 is 3.05 bits per heavy atom. The Balaban J connectivity index is 1.68. The zero-order valence-corrected chi connectivity index (χ0v) is 12.8. The first-order valence-electron chi connectivity index (χ1n) is 8.19. The fourth-order valence-corrected chi connectivity index (χ4v) is 4.09. The highest BCUT2D eigenvalue weighted by atomic mass is 16.1. The first-order chi connectivity index (χ1) is 10.8. The highest BCUT2D eigenvalue weighted by Crippen LogP contribution is 2.36. The Labute approximate surface area is 129 Å². The van der Waals surface area contributed by atoms with Gasteiger partial charge in [0.2, 0.25) is 0 Å². The van der Waals surface area contributed by atoms with Crippen molar-refractivity contribution in [2.24, 2.45) is 0 Å². The van der Waals surface area contributed by atoms with Crippen molar-refractivity contribution >= 4 is 10.9 Å². The van der Waals surface area contributed by atoms with Crippen molar-refractivity contribution in [2.75, 3.05) is 19.6 Å². The van der Waals surface area contributed by atoms with Crippen LogP contribution in [0.4, 0.5) is 0 Å². The van der Waals surface area contributed by atoms with Gasteiger partial charge >= 0.3 is 0 Å². The van der Waals surface area contributed by atoms with Crippen LogP contribution in [0.15, 0.2) is 29.5 Å². The van der Waals surface area contributed by atoms with Gasteiger partial charge in [-0.1, -0.05) is 12.8 Å². The molecule has 2 aromatic rings. The van der Waals surface area contributed by atoms with Crippen molar-refractivity contribution in [3.63, 3.8) is 0 Å². The van der Waals surface area contributed by atoms with Gasteiger partial charge in [0.1, 0.15) is 0 Å². The molecule has 0 atom stereocenters. The number of nitrogens with one attached hydrogen (secondary N) is 2. The summed E-state index contributed by atoms with van der Waals surface area (Å²) in [5.74, 6) is 0. The maximum Gasteiger partial charge on any atom is 0.193 e. The van der Waals surface area contributed by atoms with Crippen LogP contribution in [0.5, 0.6) is 0 Å². The van der Waals surface area contributed by atoms with E-state index in [1.54, 1.807) is 18.5 Å². The molecule has 1 aliphatic heterocycles. The molecule has 0 aromatic carbocycles. The minimum atomic E-state index is 0.142. The first kappa shape index (κ1) is 13.9. The number of piperazine rings is 1. The average molecular weight is 298 g/mol. The maximum atomic E-state index is 12.7. The number of hydrogen-bond donors (Lipinski definition) is 2. The van der Waals surface area contributed by atoms with Crippen LogP contribution in [0.3, 0.4) is 0 Å². The van der Waals surface area contributed by atoms with Crippen molar-refractivity contribution in [2.45, 2.75) is 37.8 Å². The molecule has 1 aliphatic carbocycles. The van der Waals surface area contributed by atoms with E-state index in [1.165, 1.54) is 25.7 Å². The lowest BCUT2D eigenvalue weighted by Crippen LogP contribution is -2.59. The fourth-order valence-electron chi connectivity index (χ4n) is 4.09. The molecule has 3 heterocycles. The van der Waals surface area contributed by atoms with E-state index in [-0.39, 0.29) is 11.0 Å². The Hall–Kier alpha value is -1.72. The lowest BCUT2D eigenvalue weighted by atomic mass is 9.92. The van der Waals surface area contributed by atoms with Crippen LogP contribution in [0, 0.1) is 0 Å². The third-order valence-corrected chi connectivity index (χ3v) is 5.34. The van der Waals surface area contributed by atoms with Crippen molar-refractivity contribution in [3.05, 3.63) is 40.4 Å². The molecule has 5 heteroatoms. The molecule has 2 fully saturated rings. The molecule has 4 rings (SSSR count). The lowest BCUT2D eigenvalue weighted by molar-refractivity contribution is 0.0569. The number of fused-ring (bicyclic) bond motifs is 1. The summed E-state index contributed by atoms with van der Waals surface area (Å²) in [6.07, 6.45) is 10.4. The quantitative estimate of drug-likeness (QED) is 0.885. The molecule has 1 saturated heterocycles. The predicted octanol–water partition coefficient (Wildman–Crippen LogP) is 1.64. The Morgan fingerprint density at radius 1 is 1.32 bits per heavy atom. The summed E-state index contributed by atoms with van der Waals surface area (Å²) in [6.45, 7) is 3.84. The minimum Gasteiger partial charge on any atom is -0.359 e. The Morgan fingerprint density at radius 2 is 2.18 bits per heavy atom. The lowest BCUT2D eigenvalue weighted by Gasteiger charge is -2.45. The molecular formula is C17H22N4O. The number of hydrogen-bond acceptors (Lipinski definition) is 4. The second kappa shape index (κ2) is 5.48. The van der Waals surface area contributed by atoms with Crippen LogP contribution in [0.25, 0.3) is 10.9 Å². The van der Waals surface area contributed by atoms with Crippen molar-refractivity contribution in [1.29, 1.82) is 0 Å². The van der Waals surface area contributed by atoms with E-state index in [2.05, 4.69) is 20.2 Å². The van der Waals surface area contributed by atoms with Gasteiger partial charge in [-0.15, -0.1) is 0 Å². The molecule has 0 bridgehead atoms. The first-order valence-corrected chi connectivity index (χ1v) is 8.19. The van der Waals surface area contributed by atoms with Crippen molar-refractivity contribution in [1.82, 2.24) is 20.2 Å². The summed E-state index contributed by atoms with van der Waals surface area (Å²) in [7, 11) is 0. The van der Waals surface area contributed by atoms with Gasteiger partial charge in [-0.3, -0.25) is 14.7 Å². The molecule has 2 aromatic heterocycles. The van der Waals surface area contributed by atoms with Crippen LogP contribution in [-0.4, -0.2) is 40.0 Å². The van der Waals surface area contributed by atoms with E-state index < -0.39 is 0 Å². The summed E-state index contributed by atoms with van der Waals surface area (Å²) in [5, 5.41) is 4.28. The fraction of sp³-hybridized carbons (Fsp3) is 0.529. The SMILES string of the molecule is O=c1c(CN2CCNCC23CCCC3)c[nH]c2cnccc12.